The van der Waals surface area contributed by atoms with Crippen molar-refractivity contribution < 1.29 is 9.53 Å². The molecule has 1 aromatic heterocycles. The summed E-state index contributed by atoms with van der Waals surface area (Å²) in [5.74, 6) is 0.0583. The summed E-state index contributed by atoms with van der Waals surface area (Å²) in [6.45, 7) is 4.38. The Kier molecular flexibility index (Phi) is 3.19. The van der Waals surface area contributed by atoms with Gasteiger partial charge in [0, 0.05) is 12.8 Å². The monoisotopic (exact) mass is 182 g/mol. The molecule has 0 fully saturated rings. The molecule has 0 unspecified atom stereocenters. The highest BCUT2D eigenvalue weighted by atomic mass is 16.5. The highest BCUT2D eigenvalue weighted by Crippen LogP contribution is 2.03. The van der Waals surface area contributed by atoms with Gasteiger partial charge in [-0.25, -0.2) is 4.98 Å². The molecule has 0 spiro atoms. The number of aromatic nitrogens is 2. The van der Waals surface area contributed by atoms with E-state index in [4.69, 9.17) is 4.74 Å². The lowest BCUT2D eigenvalue weighted by molar-refractivity contribution is -0.123. The molecule has 13 heavy (non-hydrogen) atoms. The SMILES string of the molecule is COCC(=O)Cn1cnc(C)c1C. The summed E-state index contributed by atoms with van der Waals surface area (Å²) >= 11 is 0. The molecule has 0 saturated carbocycles. The summed E-state index contributed by atoms with van der Waals surface area (Å²) in [6.07, 6.45) is 1.68. The van der Waals surface area contributed by atoms with Gasteiger partial charge in [-0.1, -0.05) is 0 Å². The standard InChI is InChI=1S/C9H14N2O2/c1-7-8(2)11(6-10-7)4-9(12)5-13-3/h6H,4-5H2,1-3H3. The van der Waals surface area contributed by atoms with E-state index in [1.807, 2.05) is 18.4 Å². The van der Waals surface area contributed by atoms with Crippen molar-refractivity contribution in [3.63, 3.8) is 0 Å². The Balaban J connectivity index is 2.64. The number of carbonyl (C=O) groups excluding carboxylic acids is 1. The number of nitrogens with zero attached hydrogens (tertiary/aromatic N) is 2. The molecule has 0 N–H and O–H groups in total. The third kappa shape index (κ3) is 2.39. The molecule has 1 heterocycles. The van der Waals surface area contributed by atoms with Crippen molar-refractivity contribution in [2.24, 2.45) is 0 Å². The Morgan fingerprint density at radius 2 is 2.31 bits per heavy atom. The summed E-state index contributed by atoms with van der Waals surface area (Å²) in [7, 11) is 1.52. The van der Waals surface area contributed by atoms with Gasteiger partial charge in [-0.3, -0.25) is 4.79 Å². The van der Waals surface area contributed by atoms with Gasteiger partial charge in [0.2, 0.25) is 0 Å². The minimum absolute atomic E-state index is 0.0583. The number of carbonyl (C=O) groups is 1. The Bertz CT molecular complexity index is 305. The molecular formula is C9H14N2O2. The molecule has 0 saturated heterocycles. The zero-order valence-electron chi connectivity index (χ0n) is 8.20. The van der Waals surface area contributed by atoms with Gasteiger partial charge in [0.25, 0.3) is 0 Å². The third-order valence-electron chi connectivity index (χ3n) is 2.00. The average molecular weight is 182 g/mol. The number of imidazole rings is 1. The first kappa shape index (κ1) is 9.92. The topological polar surface area (TPSA) is 44.1 Å². The van der Waals surface area contributed by atoms with Crippen LogP contribution in [0.25, 0.3) is 0 Å². The fourth-order valence-electron chi connectivity index (χ4n) is 1.10. The number of rotatable bonds is 4. The van der Waals surface area contributed by atoms with Gasteiger partial charge in [-0.15, -0.1) is 0 Å². The number of ether oxygens (including phenoxy) is 1. The minimum Gasteiger partial charge on any atom is -0.377 e. The number of methoxy groups -OCH3 is 1. The predicted molar refractivity (Wildman–Crippen MR) is 48.6 cm³/mol. The summed E-state index contributed by atoms with van der Waals surface area (Å²) in [5.41, 5.74) is 2.00. The second-order valence-corrected chi connectivity index (χ2v) is 3.01. The van der Waals surface area contributed by atoms with Crippen LogP contribution in [0.4, 0.5) is 0 Å². The van der Waals surface area contributed by atoms with Gasteiger partial charge >= 0.3 is 0 Å². The third-order valence-corrected chi connectivity index (χ3v) is 2.00. The van der Waals surface area contributed by atoms with Crippen LogP contribution in [-0.2, 0) is 16.1 Å². The van der Waals surface area contributed by atoms with Crippen LogP contribution >= 0.6 is 0 Å². The number of Topliss-reactive ketones (excluding diaryl/α,β-unsaturated/α-hetero) is 1. The van der Waals surface area contributed by atoms with Crippen molar-refractivity contribution >= 4 is 5.78 Å². The maximum atomic E-state index is 11.2. The van der Waals surface area contributed by atoms with E-state index in [0.717, 1.165) is 11.4 Å². The first-order valence-electron chi connectivity index (χ1n) is 4.14. The molecule has 0 bridgehead atoms. The molecule has 0 aromatic carbocycles. The van der Waals surface area contributed by atoms with Crippen LogP contribution in [0.5, 0.6) is 0 Å². The van der Waals surface area contributed by atoms with Gasteiger partial charge in [-0.05, 0) is 13.8 Å². The fourth-order valence-corrected chi connectivity index (χ4v) is 1.10. The quantitative estimate of drug-likeness (QED) is 0.689. The number of ketones is 1. The van der Waals surface area contributed by atoms with Crippen molar-refractivity contribution in [2.45, 2.75) is 20.4 Å². The second kappa shape index (κ2) is 4.18. The Labute approximate surface area is 77.5 Å². The Morgan fingerprint density at radius 3 is 2.77 bits per heavy atom. The largest absolute Gasteiger partial charge is 0.377 e. The van der Waals surface area contributed by atoms with Crippen LogP contribution in [-0.4, -0.2) is 29.1 Å². The zero-order valence-corrected chi connectivity index (χ0v) is 8.20. The van der Waals surface area contributed by atoms with E-state index in [1.54, 1.807) is 6.33 Å². The zero-order chi connectivity index (χ0) is 9.84. The Morgan fingerprint density at radius 1 is 1.62 bits per heavy atom. The minimum atomic E-state index is 0.0583. The molecule has 4 heteroatoms. The molecule has 0 aliphatic rings. The predicted octanol–water partition coefficient (Wildman–Crippen LogP) is 0.715. The normalized spacial score (nSPS) is 10.4. The summed E-state index contributed by atoms with van der Waals surface area (Å²) < 4.78 is 6.57. The lowest BCUT2D eigenvalue weighted by atomic mass is 10.3. The van der Waals surface area contributed by atoms with Crippen LogP contribution in [0, 0.1) is 13.8 Å². The Hall–Kier alpha value is -1.16. The van der Waals surface area contributed by atoms with E-state index in [0.29, 0.717) is 6.54 Å². The van der Waals surface area contributed by atoms with Gasteiger partial charge in [0.1, 0.15) is 6.61 Å². The van der Waals surface area contributed by atoms with Crippen molar-refractivity contribution in [2.75, 3.05) is 13.7 Å². The van der Waals surface area contributed by atoms with Crippen LogP contribution in [0.15, 0.2) is 6.33 Å². The lowest BCUT2D eigenvalue weighted by Crippen LogP contribution is -2.15. The van der Waals surface area contributed by atoms with E-state index in [9.17, 15) is 4.79 Å². The van der Waals surface area contributed by atoms with Crippen LogP contribution in [0.3, 0.4) is 0 Å². The molecule has 1 aromatic rings. The molecule has 0 aliphatic heterocycles. The van der Waals surface area contributed by atoms with Crippen molar-refractivity contribution in [3.8, 4) is 0 Å². The van der Waals surface area contributed by atoms with Crippen LogP contribution < -0.4 is 0 Å². The molecule has 72 valence electrons. The van der Waals surface area contributed by atoms with Crippen molar-refractivity contribution in [1.29, 1.82) is 0 Å². The molecule has 0 atom stereocenters. The van der Waals surface area contributed by atoms with E-state index < -0.39 is 0 Å². The van der Waals surface area contributed by atoms with Crippen molar-refractivity contribution in [3.05, 3.63) is 17.7 Å². The van der Waals surface area contributed by atoms with Crippen LogP contribution in [0.2, 0.25) is 0 Å². The fraction of sp³-hybridized carbons (Fsp3) is 0.556. The molecule has 0 aliphatic carbocycles. The van der Waals surface area contributed by atoms with Gasteiger partial charge in [0.05, 0.1) is 18.6 Å². The summed E-state index contributed by atoms with van der Waals surface area (Å²) in [4.78, 5) is 15.3. The summed E-state index contributed by atoms with van der Waals surface area (Å²) in [5, 5.41) is 0. The number of hydrogen-bond donors (Lipinski definition) is 0. The average Bonchev–Trinajstić information content (AvgIpc) is 2.37. The van der Waals surface area contributed by atoms with E-state index in [2.05, 4.69) is 4.98 Å². The van der Waals surface area contributed by atoms with Crippen molar-refractivity contribution in [1.82, 2.24) is 9.55 Å². The van der Waals surface area contributed by atoms with Gasteiger partial charge in [0.15, 0.2) is 5.78 Å². The number of hydrogen-bond acceptors (Lipinski definition) is 3. The van der Waals surface area contributed by atoms with Gasteiger partial charge < -0.3 is 9.30 Å². The van der Waals surface area contributed by atoms with E-state index in [1.165, 1.54) is 7.11 Å². The second-order valence-electron chi connectivity index (χ2n) is 3.01. The van der Waals surface area contributed by atoms with E-state index >= 15 is 0 Å². The summed E-state index contributed by atoms with van der Waals surface area (Å²) in [6, 6.07) is 0. The maximum Gasteiger partial charge on any atom is 0.178 e. The smallest absolute Gasteiger partial charge is 0.178 e. The molecule has 0 amide bonds. The maximum absolute atomic E-state index is 11.2. The molecule has 1 rings (SSSR count). The highest BCUT2D eigenvalue weighted by molar-refractivity contribution is 5.79. The molecule has 4 nitrogen and oxygen atoms in total. The van der Waals surface area contributed by atoms with E-state index in [-0.39, 0.29) is 12.4 Å². The lowest BCUT2D eigenvalue weighted by Gasteiger charge is -2.03. The van der Waals surface area contributed by atoms with Crippen LogP contribution in [0.1, 0.15) is 11.4 Å². The first-order valence-corrected chi connectivity index (χ1v) is 4.14. The van der Waals surface area contributed by atoms with Gasteiger partial charge in [-0.2, -0.15) is 0 Å². The molecule has 0 radical (unpaired) electrons. The molecular weight excluding hydrogens is 168 g/mol. The highest BCUT2D eigenvalue weighted by Gasteiger charge is 2.06. The number of aryl methyl sites for hydroxylation is 1. The first-order chi connectivity index (χ1) is 6.15.